The van der Waals surface area contributed by atoms with Crippen molar-refractivity contribution in [1.29, 1.82) is 0 Å². The SMILES string of the molecule is CCNC(=NCC(O)COc1ccc(F)cc1)Nc1cccc(OCCCOC)c1.I. The Hall–Kier alpha value is -2.11. The zero-order valence-corrected chi connectivity index (χ0v) is 20.2. The molecule has 31 heavy (non-hydrogen) atoms. The van der Waals surface area contributed by atoms with Crippen molar-refractivity contribution in [1.82, 2.24) is 5.32 Å². The smallest absolute Gasteiger partial charge is 0.195 e. The van der Waals surface area contributed by atoms with Gasteiger partial charge in [-0.05, 0) is 43.3 Å². The Balaban J connectivity index is 0.00000480. The van der Waals surface area contributed by atoms with Crippen LogP contribution in [0, 0.1) is 5.82 Å². The van der Waals surface area contributed by atoms with E-state index >= 15 is 0 Å². The highest BCUT2D eigenvalue weighted by molar-refractivity contribution is 14.0. The summed E-state index contributed by atoms with van der Waals surface area (Å²) in [6, 6.07) is 13.2. The zero-order valence-electron chi connectivity index (χ0n) is 17.8. The summed E-state index contributed by atoms with van der Waals surface area (Å²) in [4.78, 5) is 4.40. The maximum atomic E-state index is 12.9. The van der Waals surface area contributed by atoms with Gasteiger partial charge in [0.25, 0.3) is 0 Å². The molecule has 2 aromatic rings. The largest absolute Gasteiger partial charge is 0.493 e. The highest BCUT2D eigenvalue weighted by atomic mass is 127. The molecule has 0 heterocycles. The number of aliphatic hydroxyl groups excluding tert-OH is 1. The van der Waals surface area contributed by atoms with E-state index in [0.29, 0.717) is 31.5 Å². The Morgan fingerprint density at radius 2 is 1.87 bits per heavy atom. The molecule has 0 aromatic heterocycles. The molecule has 0 spiro atoms. The van der Waals surface area contributed by atoms with Gasteiger partial charge in [0.2, 0.25) is 0 Å². The Kier molecular flexibility index (Phi) is 13.6. The fourth-order valence-corrected chi connectivity index (χ4v) is 2.47. The highest BCUT2D eigenvalue weighted by Crippen LogP contribution is 2.17. The number of halogens is 2. The molecule has 0 saturated heterocycles. The Labute approximate surface area is 200 Å². The number of aliphatic imine (C=N–C) groups is 1. The number of nitrogens with one attached hydrogen (secondary N) is 2. The van der Waals surface area contributed by atoms with Crippen molar-refractivity contribution in [2.45, 2.75) is 19.4 Å². The summed E-state index contributed by atoms with van der Waals surface area (Å²) in [6.07, 6.45) is 0.0109. The van der Waals surface area contributed by atoms with Crippen LogP contribution in [0.4, 0.5) is 10.1 Å². The first-order valence-corrected chi connectivity index (χ1v) is 9.94. The summed E-state index contributed by atoms with van der Waals surface area (Å²) in [5.74, 6) is 1.44. The van der Waals surface area contributed by atoms with Crippen LogP contribution in [0.1, 0.15) is 13.3 Å². The minimum atomic E-state index is -0.805. The Morgan fingerprint density at radius 1 is 1.10 bits per heavy atom. The predicted molar refractivity (Wildman–Crippen MR) is 131 cm³/mol. The molecular weight excluding hydrogens is 516 g/mol. The van der Waals surface area contributed by atoms with Crippen LogP contribution >= 0.6 is 24.0 Å². The molecule has 1 unspecified atom stereocenters. The fourth-order valence-electron chi connectivity index (χ4n) is 2.47. The molecule has 9 heteroatoms. The molecule has 3 N–H and O–H groups in total. The molecule has 0 aliphatic rings. The summed E-state index contributed by atoms with van der Waals surface area (Å²) in [6.45, 7) is 4.05. The van der Waals surface area contributed by atoms with Gasteiger partial charge in [-0.3, -0.25) is 4.99 Å². The highest BCUT2D eigenvalue weighted by Gasteiger charge is 2.07. The van der Waals surface area contributed by atoms with Crippen molar-refractivity contribution >= 4 is 35.6 Å². The zero-order chi connectivity index (χ0) is 21.6. The minimum absolute atomic E-state index is 0. The lowest BCUT2D eigenvalue weighted by Gasteiger charge is -2.14. The Bertz CT molecular complexity index is 778. The van der Waals surface area contributed by atoms with E-state index in [2.05, 4.69) is 15.6 Å². The van der Waals surface area contributed by atoms with Crippen LogP contribution in [-0.4, -0.2) is 57.2 Å². The topological polar surface area (TPSA) is 84.3 Å². The van der Waals surface area contributed by atoms with E-state index in [9.17, 15) is 9.50 Å². The van der Waals surface area contributed by atoms with Crippen LogP contribution in [0.25, 0.3) is 0 Å². The lowest BCUT2D eigenvalue weighted by Crippen LogP contribution is -2.32. The molecular formula is C22H31FIN3O4. The van der Waals surface area contributed by atoms with Gasteiger partial charge in [0, 0.05) is 38.4 Å². The van der Waals surface area contributed by atoms with Crippen LogP contribution in [0.3, 0.4) is 0 Å². The average molecular weight is 547 g/mol. The van der Waals surface area contributed by atoms with Crippen molar-refractivity contribution in [3.63, 3.8) is 0 Å². The molecule has 0 fully saturated rings. The predicted octanol–water partition coefficient (Wildman–Crippen LogP) is 3.68. The number of hydrogen-bond acceptors (Lipinski definition) is 5. The molecule has 0 saturated carbocycles. The maximum absolute atomic E-state index is 12.9. The van der Waals surface area contributed by atoms with Crippen LogP contribution in [0.5, 0.6) is 11.5 Å². The van der Waals surface area contributed by atoms with Gasteiger partial charge < -0.3 is 30.0 Å². The molecule has 7 nitrogen and oxygen atoms in total. The molecule has 2 rings (SSSR count). The van der Waals surface area contributed by atoms with Gasteiger partial charge in [-0.25, -0.2) is 4.39 Å². The molecule has 0 aliphatic carbocycles. The van der Waals surface area contributed by atoms with E-state index in [1.54, 1.807) is 7.11 Å². The molecule has 0 amide bonds. The quantitative estimate of drug-likeness (QED) is 0.163. The van der Waals surface area contributed by atoms with E-state index in [1.165, 1.54) is 24.3 Å². The van der Waals surface area contributed by atoms with Crippen molar-refractivity contribution in [3.8, 4) is 11.5 Å². The molecule has 1 atom stereocenters. The second-order valence-corrected chi connectivity index (χ2v) is 6.49. The van der Waals surface area contributed by atoms with E-state index in [4.69, 9.17) is 14.2 Å². The van der Waals surface area contributed by atoms with Gasteiger partial charge >= 0.3 is 0 Å². The third kappa shape index (κ3) is 11.2. The summed E-state index contributed by atoms with van der Waals surface area (Å²) >= 11 is 0. The number of guanidine groups is 1. The van der Waals surface area contributed by atoms with Crippen molar-refractivity contribution in [2.75, 3.05) is 45.3 Å². The van der Waals surface area contributed by atoms with Gasteiger partial charge in [0.15, 0.2) is 5.96 Å². The van der Waals surface area contributed by atoms with Gasteiger partial charge in [0.05, 0.1) is 13.2 Å². The average Bonchev–Trinajstić information content (AvgIpc) is 2.75. The summed E-state index contributed by atoms with van der Waals surface area (Å²) in [7, 11) is 1.66. The van der Waals surface area contributed by atoms with Crippen LogP contribution in [0.2, 0.25) is 0 Å². The number of ether oxygens (including phenoxy) is 3. The standard InChI is InChI=1S/C22H30FN3O4.HI/c1-3-24-22(25-15-19(27)16-30-20-10-8-17(23)9-11-20)26-18-6-4-7-21(14-18)29-13-5-12-28-2;/h4,6-11,14,19,27H,3,5,12-13,15-16H2,1-2H3,(H2,24,25,26);1H. The van der Waals surface area contributed by atoms with Gasteiger partial charge in [0.1, 0.15) is 30.0 Å². The van der Waals surface area contributed by atoms with Crippen molar-refractivity contribution < 1.29 is 23.7 Å². The first-order valence-electron chi connectivity index (χ1n) is 9.94. The third-order valence-electron chi connectivity index (χ3n) is 3.92. The van der Waals surface area contributed by atoms with E-state index in [0.717, 1.165) is 17.9 Å². The van der Waals surface area contributed by atoms with Crippen LogP contribution in [-0.2, 0) is 4.74 Å². The number of anilines is 1. The third-order valence-corrected chi connectivity index (χ3v) is 3.92. The molecule has 0 radical (unpaired) electrons. The summed E-state index contributed by atoms with van der Waals surface area (Å²) < 4.78 is 29.1. The lowest BCUT2D eigenvalue weighted by molar-refractivity contribution is 0.114. The number of aliphatic hydroxyl groups is 1. The van der Waals surface area contributed by atoms with E-state index < -0.39 is 6.10 Å². The number of methoxy groups -OCH3 is 1. The second kappa shape index (κ2) is 15.7. The van der Waals surface area contributed by atoms with Gasteiger partial charge in [-0.2, -0.15) is 0 Å². The first kappa shape index (κ1) is 26.9. The number of nitrogens with zero attached hydrogens (tertiary/aromatic N) is 1. The van der Waals surface area contributed by atoms with E-state index in [-0.39, 0.29) is 42.9 Å². The number of benzene rings is 2. The number of rotatable bonds is 12. The monoisotopic (exact) mass is 547 g/mol. The molecule has 2 aromatic carbocycles. The van der Waals surface area contributed by atoms with Crippen molar-refractivity contribution in [2.24, 2.45) is 4.99 Å². The minimum Gasteiger partial charge on any atom is -0.493 e. The molecule has 0 bridgehead atoms. The van der Waals surface area contributed by atoms with Crippen LogP contribution < -0.4 is 20.1 Å². The maximum Gasteiger partial charge on any atom is 0.195 e. The number of hydrogen-bond donors (Lipinski definition) is 3. The molecule has 0 aliphatic heterocycles. The summed E-state index contributed by atoms with van der Waals surface area (Å²) in [5.41, 5.74) is 0.816. The van der Waals surface area contributed by atoms with Gasteiger partial charge in [-0.15, -0.1) is 24.0 Å². The second-order valence-electron chi connectivity index (χ2n) is 6.49. The first-order chi connectivity index (χ1) is 14.6. The van der Waals surface area contributed by atoms with Gasteiger partial charge in [-0.1, -0.05) is 6.07 Å². The van der Waals surface area contributed by atoms with Crippen LogP contribution in [0.15, 0.2) is 53.5 Å². The van der Waals surface area contributed by atoms with E-state index in [1.807, 2.05) is 31.2 Å². The fraction of sp³-hybridized carbons (Fsp3) is 0.409. The normalized spacial score (nSPS) is 11.9. The van der Waals surface area contributed by atoms with Crippen molar-refractivity contribution in [3.05, 3.63) is 54.3 Å². The molecule has 172 valence electrons. The lowest BCUT2D eigenvalue weighted by atomic mass is 10.3. The summed E-state index contributed by atoms with van der Waals surface area (Å²) in [5, 5.41) is 16.5. The Morgan fingerprint density at radius 3 is 2.58 bits per heavy atom.